The Morgan fingerprint density at radius 1 is 1.26 bits per heavy atom. The second-order valence-corrected chi connectivity index (χ2v) is 7.96. The Hall–Kier alpha value is -2.08. The molecule has 6 nitrogen and oxygen atoms in total. The van der Waals surface area contributed by atoms with Crippen LogP contribution in [0.25, 0.3) is 0 Å². The molecular weight excluding hydrogens is 344 g/mol. The Labute approximate surface area is 162 Å². The predicted octanol–water partition coefficient (Wildman–Crippen LogP) is 3.67. The molecule has 0 radical (unpaired) electrons. The topological polar surface area (TPSA) is 67.9 Å². The van der Waals surface area contributed by atoms with Crippen LogP contribution < -0.4 is 5.32 Å². The van der Waals surface area contributed by atoms with E-state index >= 15 is 0 Å². The number of nitrogens with one attached hydrogen (secondary N) is 1. The quantitative estimate of drug-likeness (QED) is 0.794. The number of esters is 1. The number of carbonyl (C=O) groups excluding carboxylic acids is 2. The van der Waals surface area contributed by atoms with E-state index in [2.05, 4.69) is 29.3 Å². The lowest BCUT2D eigenvalue weighted by atomic mass is 9.93. The van der Waals surface area contributed by atoms with Crippen LogP contribution in [0.3, 0.4) is 0 Å². The van der Waals surface area contributed by atoms with E-state index in [1.165, 1.54) is 0 Å². The minimum absolute atomic E-state index is 0.0862. The number of piperidine rings is 1. The zero-order valence-corrected chi connectivity index (χ0v) is 17.0. The molecule has 6 heteroatoms. The van der Waals surface area contributed by atoms with E-state index in [0.717, 1.165) is 12.0 Å². The summed E-state index contributed by atoms with van der Waals surface area (Å²) in [5, 5.41) is 2.91. The number of hydrogen-bond donors (Lipinski definition) is 1. The van der Waals surface area contributed by atoms with Crippen LogP contribution >= 0.6 is 0 Å². The average molecular weight is 376 g/mol. The standard InChI is InChI=1S/C21H32N2O4/c1-6-26-19(24)18-14-17(22-20(25)27-21(3,4)5)12-13-23(18)15(2)16-10-8-7-9-11-16/h7-11,15,17-18H,6,12-14H2,1-5H3,(H,22,25)/t15-,17-,18+/m1/s1. The van der Waals surface area contributed by atoms with Crippen molar-refractivity contribution in [3.05, 3.63) is 35.9 Å². The maximum absolute atomic E-state index is 12.6. The minimum atomic E-state index is -0.548. The molecule has 1 saturated heterocycles. The Kier molecular flexibility index (Phi) is 7.25. The molecule has 27 heavy (non-hydrogen) atoms. The van der Waals surface area contributed by atoms with Gasteiger partial charge in [0.1, 0.15) is 11.6 Å². The van der Waals surface area contributed by atoms with Gasteiger partial charge in [-0.05, 0) is 53.0 Å². The molecule has 2 rings (SSSR count). The van der Waals surface area contributed by atoms with Crippen molar-refractivity contribution in [3.63, 3.8) is 0 Å². The molecule has 0 bridgehead atoms. The van der Waals surface area contributed by atoms with Gasteiger partial charge < -0.3 is 14.8 Å². The number of hydrogen-bond acceptors (Lipinski definition) is 5. The molecule has 1 fully saturated rings. The number of nitrogens with zero attached hydrogens (tertiary/aromatic N) is 1. The Morgan fingerprint density at radius 2 is 1.93 bits per heavy atom. The fourth-order valence-corrected chi connectivity index (χ4v) is 3.45. The molecule has 1 amide bonds. The molecule has 150 valence electrons. The lowest BCUT2D eigenvalue weighted by molar-refractivity contribution is -0.152. The number of alkyl carbamates (subject to hydrolysis) is 1. The number of rotatable bonds is 5. The van der Waals surface area contributed by atoms with Crippen molar-refractivity contribution in [3.8, 4) is 0 Å². The maximum Gasteiger partial charge on any atom is 0.407 e. The molecule has 0 aliphatic carbocycles. The van der Waals surface area contributed by atoms with E-state index < -0.39 is 17.7 Å². The van der Waals surface area contributed by atoms with Crippen LogP contribution in [-0.2, 0) is 14.3 Å². The van der Waals surface area contributed by atoms with Gasteiger partial charge in [0.05, 0.1) is 6.61 Å². The number of amides is 1. The number of carbonyl (C=O) groups is 2. The largest absolute Gasteiger partial charge is 0.465 e. The zero-order chi connectivity index (χ0) is 20.0. The molecule has 1 aromatic carbocycles. The molecule has 3 atom stereocenters. The summed E-state index contributed by atoms with van der Waals surface area (Å²) in [6.07, 6.45) is 0.821. The van der Waals surface area contributed by atoms with E-state index in [1.54, 1.807) is 0 Å². The number of benzene rings is 1. The first-order chi connectivity index (χ1) is 12.7. The fourth-order valence-electron chi connectivity index (χ4n) is 3.45. The predicted molar refractivity (Wildman–Crippen MR) is 104 cm³/mol. The monoisotopic (exact) mass is 376 g/mol. The van der Waals surface area contributed by atoms with Gasteiger partial charge >= 0.3 is 12.1 Å². The molecule has 1 aliphatic rings. The first kappa shape index (κ1) is 21.2. The van der Waals surface area contributed by atoms with E-state index in [4.69, 9.17) is 9.47 Å². The molecule has 1 N–H and O–H groups in total. The van der Waals surface area contributed by atoms with Crippen molar-refractivity contribution < 1.29 is 19.1 Å². The number of likely N-dealkylation sites (tertiary alicyclic amines) is 1. The SMILES string of the molecule is CCOC(=O)[C@@H]1C[C@H](NC(=O)OC(C)(C)C)CCN1[C@H](C)c1ccccc1. The molecule has 0 spiro atoms. The van der Waals surface area contributed by atoms with E-state index in [1.807, 2.05) is 45.9 Å². The van der Waals surface area contributed by atoms with Gasteiger partial charge in [0.25, 0.3) is 0 Å². The van der Waals surface area contributed by atoms with Gasteiger partial charge in [0.2, 0.25) is 0 Å². The van der Waals surface area contributed by atoms with Gasteiger partial charge in [-0.15, -0.1) is 0 Å². The maximum atomic E-state index is 12.6. The van der Waals surface area contributed by atoms with Crippen molar-refractivity contribution in [1.29, 1.82) is 0 Å². The minimum Gasteiger partial charge on any atom is -0.465 e. The molecule has 1 aliphatic heterocycles. The highest BCUT2D eigenvalue weighted by atomic mass is 16.6. The zero-order valence-electron chi connectivity index (χ0n) is 17.0. The summed E-state index contributed by atoms with van der Waals surface area (Å²) in [5.41, 5.74) is 0.609. The highest BCUT2D eigenvalue weighted by Crippen LogP contribution is 2.29. The van der Waals surface area contributed by atoms with E-state index in [9.17, 15) is 9.59 Å². The van der Waals surface area contributed by atoms with Crippen LogP contribution in [0.15, 0.2) is 30.3 Å². The summed E-state index contributed by atoms with van der Waals surface area (Å²) in [5.74, 6) is -0.240. The fraction of sp³-hybridized carbons (Fsp3) is 0.619. The highest BCUT2D eigenvalue weighted by molar-refractivity contribution is 5.76. The summed E-state index contributed by atoms with van der Waals surface area (Å²) < 4.78 is 10.7. The third kappa shape index (κ3) is 6.24. The lowest BCUT2D eigenvalue weighted by Crippen LogP contribution is -2.54. The molecule has 0 aromatic heterocycles. The molecule has 0 saturated carbocycles. The summed E-state index contributed by atoms with van der Waals surface area (Å²) in [4.78, 5) is 26.9. The molecule has 1 heterocycles. The van der Waals surface area contributed by atoms with Gasteiger partial charge in [-0.3, -0.25) is 9.69 Å². The van der Waals surface area contributed by atoms with Crippen molar-refractivity contribution in [2.45, 2.75) is 71.2 Å². The molecule has 0 unspecified atom stereocenters. The van der Waals surface area contributed by atoms with Crippen molar-refractivity contribution >= 4 is 12.1 Å². The van der Waals surface area contributed by atoms with Crippen LogP contribution in [0.1, 0.15) is 59.1 Å². The summed E-state index contributed by atoms with van der Waals surface area (Å²) in [6, 6.07) is 9.70. The van der Waals surface area contributed by atoms with E-state index in [0.29, 0.717) is 19.6 Å². The number of ether oxygens (including phenoxy) is 2. The first-order valence-corrected chi connectivity index (χ1v) is 9.68. The van der Waals surface area contributed by atoms with Gasteiger partial charge in [-0.2, -0.15) is 0 Å². The second kappa shape index (κ2) is 9.22. The summed E-state index contributed by atoms with van der Waals surface area (Å²) in [7, 11) is 0. The third-order valence-electron chi connectivity index (χ3n) is 4.70. The molecule has 1 aromatic rings. The van der Waals surface area contributed by atoms with Gasteiger partial charge in [0.15, 0.2) is 0 Å². The Bertz CT molecular complexity index is 627. The van der Waals surface area contributed by atoms with Gasteiger partial charge in [-0.1, -0.05) is 30.3 Å². The van der Waals surface area contributed by atoms with E-state index in [-0.39, 0.29) is 18.1 Å². The average Bonchev–Trinajstić information content (AvgIpc) is 2.60. The van der Waals surface area contributed by atoms with Gasteiger partial charge in [-0.25, -0.2) is 4.79 Å². The molecular formula is C21H32N2O4. The lowest BCUT2D eigenvalue weighted by Gasteiger charge is -2.41. The summed E-state index contributed by atoms with van der Waals surface area (Å²) in [6.45, 7) is 10.4. The van der Waals surface area contributed by atoms with Gasteiger partial charge in [0, 0.05) is 18.6 Å². The Balaban J connectivity index is 2.09. The van der Waals surface area contributed by atoms with Crippen LogP contribution in [-0.4, -0.2) is 47.8 Å². The third-order valence-corrected chi connectivity index (χ3v) is 4.70. The van der Waals surface area contributed by atoms with Crippen molar-refractivity contribution in [2.75, 3.05) is 13.2 Å². The van der Waals surface area contributed by atoms with Crippen LogP contribution in [0, 0.1) is 0 Å². The smallest absolute Gasteiger partial charge is 0.407 e. The second-order valence-electron chi connectivity index (χ2n) is 7.96. The first-order valence-electron chi connectivity index (χ1n) is 9.68. The highest BCUT2D eigenvalue weighted by Gasteiger charge is 2.38. The van der Waals surface area contributed by atoms with Crippen molar-refractivity contribution in [1.82, 2.24) is 10.2 Å². The van der Waals surface area contributed by atoms with Crippen LogP contribution in [0.2, 0.25) is 0 Å². The Morgan fingerprint density at radius 3 is 2.52 bits per heavy atom. The normalized spacial score (nSPS) is 22.0. The van der Waals surface area contributed by atoms with Crippen molar-refractivity contribution in [2.24, 2.45) is 0 Å². The van der Waals surface area contributed by atoms with Crippen LogP contribution in [0.5, 0.6) is 0 Å². The van der Waals surface area contributed by atoms with Crippen LogP contribution in [0.4, 0.5) is 4.79 Å². The summed E-state index contributed by atoms with van der Waals surface area (Å²) >= 11 is 0.